The Bertz CT molecular complexity index is 1060. The lowest BCUT2D eigenvalue weighted by molar-refractivity contribution is -0.137. The van der Waals surface area contributed by atoms with Crippen LogP contribution in [0, 0.1) is 0 Å². The molecule has 1 aliphatic heterocycles. The number of piperidine rings is 1. The molecule has 7 heteroatoms. The number of halogens is 3. The van der Waals surface area contributed by atoms with Gasteiger partial charge in [-0.05, 0) is 83.2 Å². The van der Waals surface area contributed by atoms with E-state index in [1.54, 1.807) is 6.07 Å². The standard InChI is InChI=1S/C25H31F3N4/c1-17(12-15-31(2)3)32-24(18-10-13-29-14-11-18)21-9-8-19(16-23(21)30-32)20-6-4-5-7-22(20)25(26,27)28/h4-9,16-18,29H,10-15H2,1-3H3. The van der Waals surface area contributed by atoms with Crippen LogP contribution in [0.15, 0.2) is 42.5 Å². The molecule has 2 heterocycles. The minimum atomic E-state index is -4.40. The van der Waals surface area contributed by atoms with Crippen molar-refractivity contribution in [2.45, 2.75) is 44.3 Å². The van der Waals surface area contributed by atoms with Crippen LogP contribution in [0.1, 0.15) is 49.4 Å². The van der Waals surface area contributed by atoms with Crippen LogP contribution in [0.2, 0.25) is 0 Å². The predicted molar refractivity (Wildman–Crippen MR) is 123 cm³/mol. The van der Waals surface area contributed by atoms with Crippen LogP contribution in [-0.4, -0.2) is 48.4 Å². The lowest BCUT2D eigenvalue weighted by atomic mass is 9.91. The van der Waals surface area contributed by atoms with Gasteiger partial charge in [-0.1, -0.05) is 30.3 Å². The van der Waals surface area contributed by atoms with E-state index in [-0.39, 0.29) is 11.6 Å². The van der Waals surface area contributed by atoms with Gasteiger partial charge < -0.3 is 10.2 Å². The molecule has 1 aromatic heterocycles. The van der Waals surface area contributed by atoms with E-state index in [4.69, 9.17) is 5.10 Å². The number of nitrogens with zero attached hydrogens (tertiary/aromatic N) is 3. The molecule has 1 atom stereocenters. The lowest BCUT2D eigenvalue weighted by Gasteiger charge is -2.26. The molecule has 4 nitrogen and oxygen atoms in total. The largest absolute Gasteiger partial charge is 0.417 e. The summed E-state index contributed by atoms with van der Waals surface area (Å²) in [5.74, 6) is 0.399. The SMILES string of the molecule is CC(CCN(C)C)n1nc2cc(-c3ccccc3C(F)(F)F)ccc2c1C1CCNCC1. The predicted octanol–water partition coefficient (Wildman–Crippen LogP) is 5.70. The van der Waals surface area contributed by atoms with E-state index in [1.165, 1.54) is 17.8 Å². The third kappa shape index (κ3) is 4.69. The Morgan fingerprint density at radius 3 is 2.53 bits per heavy atom. The zero-order chi connectivity index (χ0) is 22.9. The third-order valence-corrected chi connectivity index (χ3v) is 6.42. The highest BCUT2D eigenvalue weighted by Gasteiger charge is 2.33. The summed E-state index contributed by atoms with van der Waals surface area (Å²) in [6.45, 7) is 5.08. The Kier molecular flexibility index (Phi) is 6.58. The van der Waals surface area contributed by atoms with E-state index in [1.807, 2.05) is 18.2 Å². The fourth-order valence-corrected chi connectivity index (χ4v) is 4.68. The quantitative estimate of drug-likeness (QED) is 0.529. The first-order chi connectivity index (χ1) is 15.3. The van der Waals surface area contributed by atoms with E-state index in [9.17, 15) is 13.2 Å². The average molecular weight is 445 g/mol. The average Bonchev–Trinajstić information content (AvgIpc) is 3.16. The van der Waals surface area contributed by atoms with Gasteiger partial charge in [0.25, 0.3) is 0 Å². The summed E-state index contributed by atoms with van der Waals surface area (Å²) < 4.78 is 42.9. The molecule has 1 N–H and O–H groups in total. The van der Waals surface area contributed by atoms with Crippen molar-refractivity contribution < 1.29 is 13.2 Å². The van der Waals surface area contributed by atoms with Crippen LogP contribution < -0.4 is 5.32 Å². The maximum atomic E-state index is 13.6. The fourth-order valence-electron chi connectivity index (χ4n) is 4.68. The second-order valence-corrected chi connectivity index (χ2v) is 9.07. The first-order valence-corrected chi connectivity index (χ1v) is 11.3. The van der Waals surface area contributed by atoms with Gasteiger partial charge in [-0.25, -0.2) is 0 Å². The van der Waals surface area contributed by atoms with Gasteiger partial charge in [-0.2, -0.15) is 18.3 Å². The van der Waals surface area contributed by atoms with Gasteiger partial charge in [-0.3, -0.25) is 4.68 Å². The van der Waals surface area contributed by atoms with Crippen LogP contribution in [0.4, 0.5) is 13.2 Å². The Morgan fingerprint density at radius 1 is 1.12 bits per heavy atom. The fraction of sp³-hybridized carbons (Fsp3) is 0.480. The monoisotopic (exact) mass is 444 g/mol. The Hall–Kier alpha value is -2.38. The highest BCUT2D eigenvalue weighted by atomic mass is 19.4. The molecule has 32 heavy (non-hydrogen) atoms. The number of hydrogen-bond acceptors (Lipinski definition) is 3. The molecule has 1 aliphatic rings. The molecule has 0 amide bonds. The third-order valence-electron chi connectivity index (χ3n) is 6.42. The van der Waals surface area contributed by atoms with Gasteiger partial charge in [-0.15, -0.1) is 0 Å². The molecule has 0 saturated carbocycles. The molecule has 1 fully saturated rings. The van der Waals surface area contributed by atoms with Gasteiger partial charge in [0.2, 0.25) is 0 Å². The van der Waals surface area contributed by atoms with E-state index in [0.717, 1.165) is 55.9 Å². The summed E-state index contributed by atoms with van der Waals surface area (Å²) in [5, 5.41) is 9.42. The number of aromatic nitrogens is 2. The molecule has 4 rings (SSSR count). The van der Waals surface area contributed by atoms with Crippen molar-refractivity contribution in [2.24, 2.45) is 0 Å². The number of benzene rings is 2. The molecule has 1 saturated heterocycles. The van der Waals surface area contributed by atoms with Crippen LogP contribution in [0.3, 0.4) is 0 Å². The number of fused-ring (bicyclic) bond motifs is 1. The molecule has 1 unspecified atom stereocenters. The molecule has 0 bridgehead atoms. The summed E-state index contributed by atoms with van der Waals surface area (Å²) in [6.07, 6.45) is -1.35. The molecule has 3 aromatic rings. The number of nitrogens with one attached hydrogen (secondary N) is 1. The van der Waals surface area contributed by atoms with E-state index < -0.39 is 11.7 Å². The maximum Gasteiger partial charge on any atom is 0.417 e. The van der Waals surface area contributed by atoms with Crippen molar-refractivity contribution in [3.05, 3.63) is 53.7 Å². The maximum absolute atomic E-state index is 13.6. The summed E-state index contributed by atoms with van der Waals surface area (Å²) in [6, 6.07) is 11.6. The van der Waals surface area contributed by atoms with Crippen molar-refractivity contribution in [1.29, 1.82) is 0 Å². The molecule has 2 aromatic carbocycles. The van der Waals surface area contributed by atoms with E-state index >= 15 is 0 Å². The van der Waals surface area contributed by atoms with Gasteiger partial charge in [0.1, 0.15) is 0 Å². The van der Waals surface area contributed by atoms with E-state index in [2.05, 4.69) is 35.9 Å². The lowest BCUT2D eigenvalue weighted by Crippen LogP contribution is -2.28. The normalized spacial score (nSPS) is 16.7. The van der Waals surface area contributed by atoms with Crippen molar-refractivity contribution in [3.63, 3.8) is 0 Å². The summed E-state index contributed by atoms with van der Waals surface area (Å²) in [5.41, 5.74) is 2.12. The van der Waals surface area contributed by atoms with Gasteiger partial charge in [0.05, 0.1) is 17.1 Å². The van der Waals surface area contributed by atoms with Gasteiger partial charge in [0, 0.05) is 17.0 Å². The second-order valence-electron chi connectivity index (χ2n) is 9.07. The Balaban J connectivity index is 1.81. The van der Waals surface area contributed by atoms with Crippen LogP contribution in [0.25, 0.3) is 22.0 Å². The summed E-state index contributed by atoms with van der Waals surface area (Å²) in [4.78, 5) is 2.16. The number of alkyl halides is 3. The second kappa shape index (κ2) is 9.24. The molecular formula is C25H31F3N4. The zero-order valence-electron chi connectivity index (χ0n) is 18.9. The topological polar surface area (TPSA) is 33.1 Å². The van der Waals surface area contributed by atoms with Crippen LogP contribution in [0.5, 0.6) is 0 Å². The molecule has 0 spiro atoms. The summed E-state index contributed by atoms with van der Waals surface area (Å²) in [7, 11) is 4.12. The molecule has 0 radical (unpaired) electrons. The van der Waals surface area contributed by atoms with Crippen molar-refractivity contribution in [2.75, 3.05) is 33.7 Å². The van der Waals surface area contributed by atoms with Crippen LogP contribution in [-0.2, 0) is 6.18 Å². The summed E-state index contributed by atoms with van der Waals surface area (Å²) >= 11 is 0. The molecule has 172 valence electrons. The number of rotatable bonds is 6. The Labute approximate surface area is 187 Å². The van der Waals surface area contributed by atoms with Gasteiger partial charge >= 0.3 is 6.18 Å². The minimum Gasteiger partial charge on any atom is -0.317 e. The zero-order valence-corrected chi connectivity index (χ0v) is 18.9. The van der Waals surface area contributed by atoms with Crippen LogP contribution >= 0.6 is 0 Å². The Morgan fingerprint density at radius 2 is 1.84 bits per heavy atom. The van der Waals surface area contributed by atoms with E-state index in [0.29, 0.717) is 11.5 Å². The minimum absolute atomic E-state index is 0.195. The van der Waals surface area contributed by atoms with Crippen molar-refractivity contribution in [1.82, 2.24) is 20.0 Å². The highest BCUT2D eigenvalue weighted by molar-refractivity contribution is 5.87. The van der Waals surface area contributed by atoms with Crippen molar-refractivity contribution >= 4 is 10.9 Å². The van der Waals surface area contributed by atoms with Crippen molar-refractivity contribution in [3.8, 4) is 11.1 Å². The first kappa shape index (κ1) is 22.8. The molecule has 0 aliphatic carbocycles. The highest BCUT2D eigenvalue weighted by Crippen LogP contribution is 2.39. The van der Waals surface area contributed by atoms with Gasteiger partial charge in [0.15, 0.2) is 0 Å². The first-order valence-electron chi connectivity index (χ1n) is 11.3. The molecular weight excluding hydrogens is 413 g/mol. The smallest absolute Gasteiger partial charge is 0.317 e. The number of hydrogen-bond donors (Lipinski definition) is 1.